The molecule has 0 unspecified atom stereocenters. The number of hydrogen-bond donors (Lipinski definition) is 2. The Balaban J connectivity index is 1.66. The van der Waals surface area contributed by atoms with Crippen molar-refractivity contribution < 1.29 is 14.7 Å². The second-order valence-electron chi connectivity index (χ2n) is 5.47. The van der Waals surface area contributed by atoms with Crippen molar-refractivity contribution in [3.05, 3.63) is 34.9 Å². The molecule has 0 aliphatic heterocycles. The van der Waals surface area contributed by atoms with E-state index < -0.39 is 11.5 Å². The summed E-state index contributed by atoms with van der Waals surface area (Å²) < 4.78 is 2.60. The summed E-state index contributed by atoms with van der Waals surface area (Å²) in [6.07, 6.45) is 3.30. The van der Waals surface area contributed by atoms with Gasteiger partial charge in [-0.05, 0) is 31.4 Å². The predicted molar refractivity (Wildman–Crippen MR) is 76.4 cm³/mol. The van der Waals surface area contributed by atoms with Gasteiger partial charge in [0.15, 0.2) is 5.65 Å². The van der Waals surface area contributed by atoms with Crippen LogP contribution in [-0.4, -0.2) is 36.7 Å². The molecule has 0 radical (unpaired) electrons. The first-order valence-electron chi connectivity index (χ1n) is 7.10. The lowest BCUT2D eigenvalue weighted by Gasteiger charge is -2.38. The standard InChI is InChI=1S/C14H16N4O4/c19-11(15-14(12(20)21)6-3-7-14)5-9-18-13(22)17-8-2-1-4-10(17)16-18/h1-2,4,8H,3,5-7,9H2,(H,15,19)(H,20,21). The lowest BCUT2D eigenvalue weighted by atomic mass is 9.76. The van der Waals surface area contributed by atoms with Crippen molar-refractivity contribution in [1.29, 1.82) is 0 Å². The van der Waals surface area contributed by atoms with Gasteiger partial charge < -0.3 is 10.4 Å². The van der Waals surface area contributed by atoms with E-state index in [0.717, 1.165) is 6.42 Å². The van der Waals surface area contributed by atoms with Crippen LogP contribution in [0, 0.1) is 0 Å². The highest BCUT2D eigenvalue weighted by Gasteiger charge is 2.45. The zero-order chi connectivity index (χ0) is 15.7. The Bertz CT molecular complexity index is 787. The molecule has 8 nitrogen and oxygen atoms in total. The van der Waals surface area contributed by atoms with Crippen LogP contribution in [0.4, 0.5) is 0 Å². The molecule has 3 rings (SSSR count). The predicted octanol–water partition coefficient (Wildman–Crippen LogP) is 0.00960. The van der Waals surface area contributed by atoms with Crippen molar-refractivity contribution in [2.24, 2.45) is 0 Å². The summed E-state index contributed by atoms with van der Waals surface area (Å²) in [5.41, 5.74) is -0.935. The molecule has 1 saturated carbocycles. The first-order valence-corrected chi connectivity index (χ1v) is 7.10. The average Bonchev–Trinajstić information content (AvgIpc) is 2.77. The van der Waals surface area contributed by atoms with Crippen molar-refractivity contribution in [3.8, 4) is 0 Å². The van der Waals surface area contributed by atoms with Crippen LogP contribution >= 0.6 is 0 Å². The Labute approximate surface area is 125 Å². The number of aryl methyl sites for hydroxylation is 1. The average molecular weight is 304 g/mol. The van der Waals surface area contributed by atoms with Gasteiger partial charge in [-0.25, -0.2) is 14.3 Å². The number of aromatic nitrogens is 3. The highest BCUT2D eigenvalue weighted by atomic mass is 16.4. The fourth-order valence-electron chi connectivity index (χ4n) is 2.57. The van der Waals surface area contributed by atoms with E-state index in [1.807, 2.05) is 0 Å². The molecule has 1 aliphatic carbocycles. The van der Waals surface area contributed by atoms with Gasteiger partial charge in [-0.15, -0.1) is 5.10 Å². The summed E-state index contributed by atoms with van der Waals surface area (Å²) in [7, 11) is 0. The van der Waals surface area contributed by atoms with E-state index in [9.17, 15) is 19.5 Å². The number of nitrogens with zero attached hydrogens (tertiary/aromatic N) is 3. The van der Waals surface area contributed by atoms with Gasteiger partial charge in [0.2, 0.25) is 5.91 Å². The second kappa shape index (κ2) is 5.28. The minimum atomic E-state index is -1.12. The highest BCUT2D eigenvalue weighted by molar-refractivity contribution is 5.87. The molecule has 116 valence electrons. The third-order valence-electron chi connectivity index (χ3n) is 4.03. The van der Waals surface area contributed by atoms with Gasteiger partial charge in [0.05, 0.1) is 6.54 Å². The number of amides is 1. The summed E-state index contributed by atoms with van der Waals surface area (Å²) in [5.74, 6) is -1.39. The van der Waals surface area contributed by atoms with Crippen LogP contribution in [0.3, 0.4) is 0 Å². The summed E-state index contributed by atoms with van der Waals surface area (Å²) in [6, 6.07) is 5.19. The number of hydrogen-bond acceptors (Lipinski definition) is 4. The van der Waals surface area contributed by atoms with Gasteiger partial charge in [-0.3, -0.25) is 9.20 Å². The van der Waals surface area contributed by atoms with Crippen molar-refractivity contribution in [3.63, 3.8) is 0 Å². The van der Waals surface area contributed by atoms with E-state index in [4.69, 9.17) is 0 Å². The number of fused-ring (bicyclic) bond motifs is 1. The van der Waals surface area contributed by atoms with Crippen LogP contribution in [0.5, 0.6) is 0 Å². The largest absolute Gasteiger partial charge is 0.480 e. The molecule has 2 N–H and O–H groups in total. The van der Waals surface area contributed by atoms with E-state index >= 15 is 0 Å². The molecule has 0 saturated heterocycles. The van der Waals surface area contributed by atoms with Crippen molar-refractivity contribution in [2.45, 2.75) is 37.8 Å². The monoisotopic (exact) mass is 304 g/mol. The summed E-state index contributed by atoms with van der Waals surface area (Å²) >= 11 is 0. The van der Waals surface area contributed by atoms with Crippen LogP contribution < -0.4 is 11.0 Å². The number of carbonyl (C=O) groups excluding carboxylic acids is 1. The third kappa shape index (κ3) is 2.36. The smallest absolute Gasteiger partial charge is 0.350 e. The van der Waals surface area contributed by atoms with E-state index in [1.54, 1.807) is 24.4 Å². The summed E-state index contributed by atoms with van der Waals surface area (Å²) in [6.45, 7) is 0.113. The molecular weight excluding hydrogens is 288 g/mol. The molecule has 0 spiro atoms. The van der Waals surface area contributed by atoms with Crippen molar-refractivity contribution in [2.75, 3.05) is 0 Å². The third-order valence-corrected chi connectivity index (χ3v) is 4.03. The highest BCUT2D eigenvalue weighted by Crippen LogP contribution is 2.32. The number of carboxylic acids is 1. The van der Waals surface area contributed by atoms with Gasteiger partial charge >= 0.3 is 11.7 Å². The molecular formula is C14H16N4O4. The Morgan fingerprint density at radius 2 is 2.14 bits per heavy atom. The Kier molecular flexibility index (Phi) is 3.44. The van der Waals surface area contributed by atoms with Crippen LogP contribution in [0.2, 0.25) is 0 Å². The fourth-order valence-corrected chi connectivity index (χ4v) is 2.57. The quantitative estimate of drug-likeness (QED) is 0.809. The first-order chi connectivity index (χ1) is 10.5. The van der Waals surface area contributed by atoms with Gasteiger partial charge in [-0.2, -0.15) is 0 Å². The van der Waals surface area contributed by atoms with Crippen LogP contribution in [0.25, 0.3) is 5.65 Å². The minimum absolute atomic E-state index is 0.0127. The first kappa shape index (κ1) is 14.3. The molecule has 0 bridgehead atoms. The van der Waals surface area contributed by atoms with E-state index in [-0.39, 0.29) is 24.6 Å². The van der Waals surface area contributed by atoms with Crippen molar-refractivity contribution >= 4 is 17.5 Å². The van der Waals surface area contributed by atoms with E-state index in [1.165, 1.54) is 9.08 Å². The number of aliphatic carboxylic acids is 1. The van der Waals surface area contributed by atoms with Crippen LogP contribution in [0.15, 0.2) is 29.2 Å². The molecule has 1 fully saturated rings. The van der Waals surface area contributed by atoms with E-state index in [2.05, 4.69) is 10.4 Å². The number of pyridine rings is 1. The number of carbonyl (C=O) groups is 2. The fraction of sp³-hybridized carbons (Fsp3) is 0.429. The Morgan fingerprint density at radius 3 is 2.73 bits per heavy atom. The maximum atomic E-state index is 12.0. The lowest BCUT2D eigenvalue weighted by molar-refractivity contribution is -0.151. The Hall–Kier alpha value is -2.64. The summed E-state index contributed by atoms with van der Waals surface area (Å²) in [4.78, 5) is 35.2. The molecule has 0 atom stereocenters. The van der Waals surface area contributed by atoms with Gasteiger partial charge in [0.25, 0.3) is 0 Å². The molecule has 1 amide bonds. The number of rotatable bonds is 5. The van der Waals surface area contributed by atoms with Crippen molar-refractivity contribution in [1.82, 2.24) is 19.5 Å². The lowest BCUT2D eigenvalue weighted by Crippen LogP contribution is -2.59. The zero-order valence-corrected chi connectivity index (χ0v) is 11.9. The normalized spacial score (nSPS) is 16.2. The molecule has 1 aliphatic rings. The second-order valence-corrected chi connectivity index (χ2v) is 5.47. The minimum Gasteiger partial charge on any atom is -0.480 e. The van der Waals surface area contributed by atoms with Gasteiger partial charge in [0, 0.05) is 12.6 Å². The molecule has 0 aromatic carbocycles. The maximum Gasteiger partial charge on any atom is 0.350 e. The maximum absolute atomic E-state index is 12.0. The van der Waals surface area contributed by atoms with Crippen LogP contribution in [0.1, 0.15) is 25.7 Å². The molecule has 22 heavy (non-hydrogen) atoms. The van der Waals surface area contributed by atoms with Gasteiger partial charge in [-0.1, -0.05) is 6.07 Å². The number of nitrogens with one attached hydrogen (secondary N) is 1. The molecule has 2 aromatic rings. The van der Waals surface area contributed by atoms with E-state index in [0.29, 0.717) is 18.5 Å². The van der Waals surface area contributed by atoms with Crippen LogP contribution in [-0.2, 0) is 16.1 Å². The molecule has 2 heterocycles. The SMILES string of the molecule is O=C(CCn1nc2ccccn2c1=O)NC1(C(=O)O)CCC1. The number of carboxylic acid groups (broad SMARTS) is 1. The summed E-state index contributed by atoms with van der Waals surface area (Å²) in [5, 5.41) is 15.9. The Morgan fingerprint density at radius 1 is 1.36 bits per heavy atom. The molecule has 2 aromatic heterocycles. The van der Waals surface area contributed by atoms with Gasteiger partial charge in [0.1, 0.15) is 5.54 Å². The zero-order valence-electron chi connectivity index (χ0n) is 11.9. The topological polar surface area (TPSA) is 106 Å². The molecule has 8 heteroatoms.